The first-order chi connectivity index (χ1) is 4.27. The van der Waals surface area contributed by atoms with Gasteiger partial charge in [-0.25, -0.2) is 0 Å². The predicted octanol–water partition coefficient (Wildman–Crippen LogP) is 0.0713. The molecule has 0 unspecified atom stereocenters. The molecule has 1 aliphatic carbocycles. The quantitative estimate of drug-likeness (QED) is 0.498. The van der Waals surface area contributed by atoms with E-state index in [2.05, 4.69) is 11.9 Å². The van der Waals surface area contributed by atoms with Gasteiger partial charge < -0.3 is 10.0 Å². The number of aliphatic hydroxyl groups excluding tert-OH is 1. The lowest BCUT2D eigenvalue weighted by Gasteiger charge is -2.24. The molecule has 2 fully saturated rings. The molecule has 2 bridgehead atoms. The molecule has 1 saturated carbocycles. The zero-order valence-electron chi connectivity index (χ0n) is 5.75. The first-order valence-electron chi connectivity index (χ1n) is 3.65. The maximum atomic E-state index is 9.31. The normalized spacial score (nSPS) is 50.7. The summed E-state index contributed by atoms with van der Waals surface area (Å²) in [6, 6.07) is 0.699. The van der Waals surface area contributed by atoms with Gasteiger partial charge in [0.05, 0.1) is 6.10 Å². The molecule has 1 saturated heterocycles. The average Bonchev–Trinajstić information content (AvgIpc) is 2.24. The fourth-order valence-electron chi connectivity index (χ4n) is 2.15. The van der Waals surface area contributed by atoms with Crippen LogP contribution in [0, 0.1) is 5.92 Å². The number of hydrogen-bond acceptors (Lipinski definition) is 2. The van der Waals surface area contributed by atoms with Gasteiger partial charge in [-0.2, -0.15) is 0 Å². The number of likely N-dealkylation sites (tertiary alicyclic amines) is 1. The summed E-state index contributed by atoms with van der Waals surface area (Å²) in [6.07, 6.45) is 2.27. The Kier molecular flexibility index (Phi) is 1.08. The maximum absolute atomic E-state index is 9.31. The summed E-state index contributed by atoms with van der Waals surface area (Å²) in [5, 5.41) is 9.31. The molecule has 0 spiro atoms. The van der Waals surface area contributed by atoms with Gasteiger partial charge in [0.2, 0.25) is 0 Å². The van der Waals surface area contributed by atoms with Gasteiger partial charge in [0.15, 0.2) is 0 Å². The van der Waals surface area contributed by atoms with Crippen LogP contribution in [0.1, 0.15) is 12.8 Å². The second-order valence-corrected chi connectivity index (χ2v) is 3.39. The Labute approximate surface area is 55.5 Å². The van der Waals surface area contributed by atoms with Crippen molar-refractivity contribution in [2.45, 2.75) is 25.0 Å². The van der Waals surface area contributed by atoms with E-state index >= 15 is 0 Å². The van der Waals surface area contributed by atoms with Gasteiger partial charge in [0.1, 0.15) is 0 Å². The molecule has 1 aliphatic heterocycles. The number of piperidine rings is 1. The van der Waals surface area contributed by atoms with Crippen molar-refractivity contribution in [3.05, 3.63) is 0 Å². The third-order valence-electron chi connectivity index (χ3n) is 2.78. The molecule has 52 valence electrons. The molecule has 0 radical (unpaired) electrons. The number of hydrogen-bond donors (Lipinski definition) is 1. The van der Waals surface area contributed by atoms with Gasteiger partial charge in [0, 0.05) is 12.6 Å². The Morgan fingerprint density at radius 2 is 2.22 bits per heavy atom. The van der Waals surface area contributed by atoms with Crippen LogP contribution in [-0.4, -0.2) is 35.7 Å². The summed E-state index contributed by atoms with van der Waals surface area (Å²) in [5.41, 5.74) is 0. The summed E-state index contributed by atoms with van der Waals surface area (Å²) in [6.45, 7) is 1.12. The molecule has 2 rings (SSSR count). The van der Waals surface area contributed by atoms with Crippen LogP contribution < -0.4 is 0 Å². The highest BCUT2D eigenvalue weighted by molar-refractivity contribution is 4.95. The second-order valence-electron chi connectivity index (χ2n) is 3.39. The van der Waals surface area contributed by atoms with E-state index in [1.54, 1.807) is 0 Å². The third kappa shape index (κ3) is 0.700. The molecule has 0 aromatic heterocycles. The van der Waals surface area contributed by atoms with Crippen LogP contribution in [0.3, 0.4) is 0 Å². The minimum Gasteiger partial charge on any atom is -0.393 e. The zero-order chi connectivity index (χ0) is 6.43. The lowest BCUT2D eigenvalue weighted by molar-refractivity contribution is 0.0848. The van der Waals surface area contributed by atoms with Crippen LogP contribution in [0.4, 0.5) is 0 Å². The molecule has 1 N–H and O–H groups in total. The molecule has 2 nitrogen and oxygen atoms in total. The van der Waals surface area contributed by atoms with E-state index in [1.807, 2.05) is 0 Å². The second kappa shape index (κ2) is 1.70. The fraction of sp³-hybridized carbons (Fsp3) is 1.00. The van der Waals surface area contributed by atoms with Gasteiger partial charge >= 0.3 is 0 Å². The Balaban J connectivity index is 2.10. The van der Waals surface area contributed by atoms with E-state index < -0.39 is 0 Å². The van der Waals surface area contributed by atoms with Gasteiger partial charge in [-0.05, 0) is 25.8 Å². The van der Waals surface area contributed by atoms with E-state index in [4.69, 9.17) is 0 Å². The fourth-order valence-corrected chi connectivity index (χ4v) is 2.15. The van der Waals surface area contributed by atoms with Gasteiger partial charge in [0.25, 0.3) is 0 Å². The highest BCUT2D eigenvalue weighted by Crippen LogP contribution is 2.36. The SMILES string of the molecule is CN1C[C@H]2C[C@H]1C[C@H]2O. The van der Waals surface area contributed by atoms with Crippen molar-refractivity contribution >= 4 is 0 Å². The minimum atomic E-state index is 0.0196. The molecule has 0 aromatic rings. The number of rotatable bonds is 0. The maximum Gasteiger partial charge on any atom is 0.0596 e. The van der Waals surface area contributed by atoms with Crippen LogP contribution in [0.15, 0.2) is 0 Å². The minimum absolute atomic E-state index is 0.0196. The Morgan fingerprint density at radius 1 is 1.44 bits per heavy atom. The summed E-state index contributed by atoms with van der Waals surface area (Å²) >= 11 is 0. The largest absolute Gasteiger partial charge is 0.393 e. The molecule has 1 heterocycles. The van der Waals surface area contributed by atoms with E-state index in [0.29, 0.717) is 12.0 Å². The summed E-state index contributed by atoms with van der Waals surface area (Å²) in [4.78, 5) is 2.36. The molecular formula is C7H13NO. The van der Waals surface area contributed by atoms with Crippen molar-refractivity contribution in [2.75, 3.05) is 13.6 Å². The average molecular weight is 127 g/mol. The van der Waals surface area contributed by atoms with Crippen molar-refractivity contribution in [3.63, 3.8) is 0 Å². The Morgan fingerprint density at radius 3 is 2.56 bits per heavy atom. The van der Waals surface area contributed by atoms with Gasteiger partial charge in [-0.3, -0.25) is 0 Å². The molecule has 2 aliphatic rings. The van der Waals surface area contributed by atoms with Crippen LogP contribution in [0.2, 0.25) is 0 Å². The van der Waals surface area contributed by atoms with Gasteiger partial charge in [-0.15, -0.1) is 0 Å². The Bertz CT molecular complexity index is 108. The smallest absolute Gasteiger partial charge is 0.0596 e. The van der Waals surface area contributed by atoms with Crippen LogP contribution in [0.25, 0.3) is 0 Å². The summed E-state index contributed by atoms with van der Waals surface area (Å²) < 4.78 is 0. The highest BCUT2D eigenvalue weighted by atomic mass is 16.3. The van der Waals surface area contributed by atoms with Crippen LogP contribution in [-0.2, 0) is 0 Å². The number of fused-ring (bicyclic) bond motifs is 2. The number of aliphatic hydroxyl groups is 1. The number of nitrogens with zero attached hydrogens (tertiary/aromatic N) is 1. The van der Waals surface area contributed by atoms with Crippen molar-refractivity contribution in [1.82, 2.24) is 4.90 Å². The molecule has 0 aromatic carbocycles. The predicted molar refractivity (Wildman–Crippen MR) is 35.1 cm³/mol. The van der Waals surface area contributed by atoms with Crippen molar-refractivity contribution < 1.29 is 5.11 Å². The standard InChI is InChI=1S/C7H13NO/c1-8-4-5-2-6(8)3-7(5)9/h5-7,9H,2-4H2,1H3/t5-,6+,7-/m1/s1. The van der Waals surface area contributed by atoms with Crippen molar-refractivity contribution in [2.24, 2.45) is 5.92 Å². The lowest BCUT2D eigenvalue weighted by atomic mass is 10.1. The molecular weight excluding hydrogens is 114 g/mol. The molecule has 0 amide bonds. The first-order valence-corrected chi connectivity index (χ1v) is 3.65. The lowest BCUT2D eigenvalue weighted by Crippen LogP contribution is -2.34. The van der Waals surface area contributed by atoms with Crippen LogP contribution in [0.5, 0.6) is 0 Å². The first kappa shape index (κ1) is 5.69. The van der Waals surface area contributed by atoms with E-state index in [-0.39, 0.29) is 6.10 Å². The topological polar surface area (TPSA) is 23.5 Å². The molecule has 3 atom stereocenters. The summed E-state index contributed by atoms with van der Waals surface area (Å²) in [5.74, 6) is 0.597. The Hall–Kier alpha value is -0.0800. The van der Waals surface area contributed by atoms with Crippen molar-refractivity contribution in [1.29, 1.82) is 0 Å². The third-order valence-corrected chi connectivity index (χ3v) is 2.78. The molecule has 2 heteroatoms. The monoisotopic (exact) mass is 127 g/mol. The van der Waals surface area contributed by atoms with Crippen molar-refractivity contribution in [3.8, 4) is 0 Å². The van der Waals surface area contributed by atoms with Gasteiger partial charge in [-0.1, -0.05) is 0 Å². The van der Waals surface area contributed by atoms with Crippen LogP contribution >= 0.6 is 0 Å². The summed E-state index contributed by atoms with van der Waals surface area (Å²) in [7, 11) is 2.15. The molecule has 9 heavy (non-hydrogen) atoms. The van der Waals surface area contributed by atoms with E-state index in [9.17, 15) is 5.11 Å². The highest BCUT2D eigenvalue weighted by Gasteiger charge is 2.41. The van der Waals surface area contributed by atoms with E-state index in [1.165, 1.54) is 6.42 Å². The zero-order valence-corrected chi connectivity index (χ0v) is 5.75. The van der Waals surface area contributed by atoms with E-state index in [0.717, 1.165) is 13.0 Å².